The van der Waals surface area contributed by atoms with Crippen LogP contribution in [0, 0.1) is 42.5 Å². The van der Waals surface area contributed by atoms with Gasteiger partial charge in [0.2, 0.25) is 0 Å². The number of pyridine rings is 1. The van der Waals surface area contributed by atoms with Crippen molar-refractivity contribution in [3.05, 3.63) is 198 Å². The van der Waals surface area contributed by atoms with E-state index in [-0.39, 0.29) is 37.6 Å². The van der Waals surface area contributed by atoms with Gasteiger partial charge in [-0.25, -0.2) is 13.8 Å². The van der Waals surface area contributed by atoms with Gasteiger partial charge in [-0.15, -0.1) is 29.9 Å². The molecule has 4 aliphatic carbocycles. The van der Waals surface area contributed by atoms with Crippen molar-refractivity contribution in [2.24, 2.45) is 23.7 Å². The molecule has 13 rings (SSSR count). The summed E-state index contributed by atoms with van der Waals surface area (Å²) in [6, 6.07) is 55.6. The van der Waals surface area contributed by atoms with Crippen LogP contribution in [0.25, 0.3) is 27.6 Å². The van der Waals surface area contributed by atoms with E-state index in [1.807, 2.05) is 90.6 Å². The van der Waals surface area contributed by atoms with Gasteiger partial charge in [0.05, 0.1) is 0 Å². The number of rotatable bonds is 7. The Hall–Kier alpha value is -5.58. The Morgan fingerprint density at radius 3 is 1.97 bits per heavy atom. The van der Waals surface area contributed by atoms with E-state index < -0.39 is 11.3 Å². The Labute approximate surface area is 389 Å². The summed E-state index contributed by atoms with van der Waals surface area (Å²) >= 11 is 0. The van der Waals surface area contributed by atoms with Crippen LogP contribution < -0.4 is 9.80 Å². The molecule has 2 aromatic heterocycles. The second-order valence-electron chi connectivity index (χ2n) is 19.6. The molecule has 5 aliphatic rings. The fraction of sp³-hybridized carbons (Fsp3) is 0.263. The van der Waals surface area contributed by atoms with Crippen molar-refractivity contribution in [3.8, 4) is 5.82 Å². The normalized spacial score (nSPS) is 22.6. The van der Waals surface area contributed by atoms with Crippen molar-refractivity contribution in [2.75, 3.05) is 9.80 Å². The summed E-state index contributed by atoms with van der Waals surface area (Å²) in [6.45, 7) is 8.17. The summed E-state index contributed by atoms with van der Waals surface area (Å²) in [6.07, 6.45) is 8.34. The van der Waals surface area contributed by atoms with Crippen LogP contribution in [0.5, 0.6) is 0 Å². The predicted octanol–water partition coefficient (Wildman–Crippen LogP) is 14.4. The molecule has 0 spiro atoms. The number of hydrogen-bond donors (Lipinski definition) is 0. The zero-order valence-corrected chi connectivity index (χ0v) is 38.5. The summed E-state index contributed by atoms with van der Waals surface area (Å²) in [7, 11) is 0. The van der Waals surface area contributed by atoms with Crippen molar-refractivity contribution in [1.29, 1.82) is 0 Å². The molecule has 6 aromatic carbocycles. The molecule has 8 aromatic rings. The van der Waals surface area contributed by atoms with E-state index in [0.29, 0.717) is 23.0 Å². The number of benzene rings is 6. The minimum atomic E-state index is -3.43. The van der Waals surface area contributed by atoms with E-state index in [4.69, 9.17) is 4.98 Å². The van der Waals surface area contributed by atoms with Crippen LogP contribution >= 0.6 is 0 Å². The quantitative estimate of drug-likeness (QED) is 0.149. The third kappa shape index (κ3) is 6.33. The number of aromatic nitrogens is 2. The summed E-state index contributed by atoms with van der Waals surface area (Å²) in [5.74, 6) is 0.0246. The molecule has 4 saturated carbocycles. The van der Waals surface area contributed by atoms with Crippen LogP contribution in [0.3, 0.4) is 0 Å². The minimum Gasteiger partial charge on any atom is -0.493 e. The largest absolute Gasteiger partial charge is 0.493 e. The molecule has 7 heteroatoms. The average Bonchev–Trinajstić information content (AvgIpc) is 3.85. The van der Waals surface area contributed by atoms with Crippen molar-refractivity contribution in [1.82, 2.24) is 9.55 Å². The van der Waals surface area contributed by atoms with E-state index in [2.05, 4.69) is 103 Å². The van der Waals surface area contributed by atoms with Crippen LogP contribution in [-0.4, -0.2) is 9.55 Å². The topological polar surface area (TPSA) is 24.3 Å². The van der Waals surface area contributed by atoms with Gasteiger partial charge in [0.25, 0.3) is 5.92 Å². The van der Waals surface area contributed by atoms with Gasteiger partial charge >= 0.3 is 0 Å². The first-order chi connectivity index (χ1) is 30.6. The van der Waals surface area contributed by atoms with Gasteiger partial charge in [-0.05, 0) is 120 Å². The summed E-state index contributed by atoms with van der Waals surface area (Å²) < 4.78 is 37.4. The Morgan fingerprint density at radius 2 is 1.27 bits per heavy atom. The molecule has 1 aliphatic heterocycles. The zero-order valence-electron chi connectivity index (χ0n) is 36.2. The Kier molecular flexibility index (Phi) is 9.81. The number of para-hydroxylation sites is 4. The van der Waals surface area contributed by atoms with Crippen molar-refractivity contribution >= 4 is 44.6 Å². The third-order valence-corrected chi connectivity index (χ3v) is 15.0. The number of anilines is 4. The van der Waals surface area contributed by atoms with E-state index >= 15 is 8.78 Å². The standard InChI is InChI=1S/C57H49F2N4.Pt/c1-55(2,3)42-31-45(33-47(32-42)62-36-61(46-16-8-5-9-17-46)51-20-12-13-21-52(51)62)57(58,59)41-22-23-49-48-18-10-11-19-50(48)63(53(49)34-41)54-35-40(24-25-60-54)56(39-14-6-4-7-15-39)43-27-37-26-38(29-43)30-44(56)28-37;/h4-25,31-32,35-38,43-44H,26-30H2,1-3H3;/q-3;. The van der Waals surface area contributed by atoms with E-state index in [9.17, 15) is 0 Å². The monoisotopic (exact) mass is 1020 g/mol. The first-order valence-electron chi connectivity index (χ1n) is 22.6. The summed E-state index contributed by atoms with van der Waals surface area (Å²) in [5, 5.41) is 1.84. The summed E-state index contributed by atoms with van der Waals surface area (Å²) in [5.41, 5.74) is 7.43. The Morgan fingerprint density at radius 1 is 0.625 bits per heavy atom. The fourth-order valence-electron chi connectivity index (χ4n) is 12.4. The number of hydrogen-bond acceptors (Lipinski definition) is 3. The van der Waals surface area contributed by atoms with Crippen LogP contribution in [0.2, 0.25) is 0 Å². The van der Waals surface area contributed by atoms with Gasteiger partial charge in [-0.1, -0.05) is 116 Å². The Balaban J connectivity index is 0.00000456. The molecule has 0 radical (unpaired) electrons. The summed E-state index contributed by atoms with van der Waals surface area (Å²) in [4.78, 5) is 9.12. The second kappa shape index (κ2) is 15.3. The van der Waals surface area contributed by atoms with Gasteiger partial charge in [0, 0.05) is 55.3 Å². The molecule has 4 bridgehead atoms. The van der Waals surface area contributed by atoms with Gasteiger partial charge in [-0.3, -0.25) is 0 Å². The number of fused-ring (bicyclic) bond motifs is 4. The molecule has 4 fully saturated rings. The first kappa shape index (κ1) is 41.1. The maximum atomic E-state index is 17.7. The molecule has 0 amide bonds. The zero-order chi connectivity index (χ0) is 42.7. The third-order valence-electron chi connectivity index (χ3n) is 15.0. The fourth-order valence-corrected chi connectivity index (χ4v) is 12.4. The van der Waals surface area contributed by atoms with E-state index in [1.54, 1.807) is 12.1 Å². The molecule has 0 atom stereocenters. The molecule has 4 nitrogen and oxygen atoms in total. The predicted molar refractivity (Wildman–Crippen MR) is 250 cm³/mol. The number of nitrogens with zero attached hydrogens (tertiary/aromatic N) is 4. The molecular weight excluding hydrogens is 974 g/mol. The van der Waals surface area contributed by atoms with Crippen molar-refractivity contribution < 1.29 is 29.8 Å². The van der Waals surface area contributed by atoms with Crippen molar-refractivity contribution in [3.63, 3.8) is 0 Å². The number of halogens is 2. The van der Waals surface area contributed by atoms with Crippen LogP contribution in [-0.2, 0) is 37.8 Å². The van der Waals surface area contributed by atoms with Gasteiger partial charge in [0.15, 0.2) is 0 Å². The SMILES string of the molecule is CC(C)(C)c1cc(N2[CH-]N(c3ccccc3)c3ccccc32)[c-]c(C(F)(F)c2[c-]c3c(cc2)c2ccccc2n3-c2cc(C3(c4ccccc4)C4CC5CC(C4)CC3C5)ccn2)c1.[Pt]. The van der Waals surface area contributed by atoms with E-state index in [1.165, 1.54) is 43.2 Å². The number of alkyl halides is 2. The maximum absolute atomic E-state index is 17.7. The molecule has 64 heavy (non-hydrogen) atoms. The van der Waals surface area contributed by atoms with Crippen LogP contribution in [0.15, 0.2) is 152 Å². The minimum absolute atomic E-state index is 0. The molecule has 0 unspecified atom stereocenters. The molecule has 0 N–H and O–H groups in total. The van der Waals surface area contributed by atoms with Crippen LogP contribution in [0.4, 0.5) is 31.5 Å². The first-order valence-corrected chi connectivity index (χ1v) is 22.6. The molecule has 3 heterocycles. The smallest absolute Gasteiger partial charge is 0.254 e. The van der Waals surface area contributed by atoms with Gasteiger partial charge in [-0.2, -0.15) is 29.8 Å². The molecule has 324 valence electrons. The van der Waals surface area contributed by atoms with E-state index in [0.717, 1.165) is 56.6 Å². The second-order valence-corrected chi connectivity index (χ2v) is 19.6. The maximum Gasteiger partial charge on any atom is 0.254 e. The molecule has 0 saturated heterocycles. The average molecular weight is 1020 g/mol. The van der Waals surface area contributed by atoms with Crippen molar-refractivity contribution in [2.45, 2.75) is 69.6 Å². The van der Waals surface area contributed by atoms with Gasteiger partial charge in [0.1, 0.15) is 5.82 Å². The van der Waals surface area contributed by atoms with Crippen LogP contribution in [0.1, 0.15) is 80.7 Å². The van der Waals surface area contributed by atoms with Gasteiger partial charge < -0.3 is 14.4 Å². The Bertz CT molecular complexity index is 3020. The molecular formula is C57H49F2N4Pt-3.